The summed E-state index contributed by atoms with van der Waals surface area (Å²) >= 11 is 1.82. The third-order valence-electron chi connectivity index (χ3n) is 4.83. The normalized spacial score (nSPS) is 30.4. The molecule has 0 N–H and O–H groups in total. The minimum Gasteiger partial charge on any atom is -0.298 e. The maximum absolute atomic E-state index is 4.58. The van der Waals surface area contributed by atoms with E-state index in [0.29, 0.717) is 12.1 Å². The molecule has 0 spiro atoms. The van der Waals surface area contributed by atoms with Gasteiger partial charge in [0.2, 0.25) is 0 Å². The van der Waals surface area contributed by atoms with Crippen molar-refractivity contribution in [1.82, 2.24) is 14.8 Å². The number of nitrogens with zero attached hydrogens (tertiary/aromatic N) is 3. The molecule has 2 aliphatic heterocycles. The highest BCUT2D eigenvalue weighted by molar-refractivity contribution is 7.09. The van der Waals surface area contributed by atoms with Crippen LogP contribution in [0.5, 0.6) is 0 Å². The molecule has 3 nitrogen and oxygen atoms in total. The molecule has 2 saturated heterocycles. The van der Waals surface area contributed by atoms with E-state index >= 15 is 0 Å². The monoisotopic (exact) mass is 279 g/mol. The van der Waals surface area contributed by atoms with Gasteiger partial charge in [-0.15, -0.1) is 11.3 Å². The van der Waals surface area contributed by atoms with Gasteiger partial charge in [-0.05, 0) is 32.2 Å². The predicted molar refractivity (Wildman–Crippen MR) is 80.5 cm³/mol. The van der Waals surface area contributed by atoms with Gasteiger partial charge in [-0.2, -0.15) is 0 Å². The van der Waals surface area contributed by atoms with Crippen molar-refractivity contribution in [1.29, 1.82) is 0 Å². The summed E-state index contributed by atoms with van der Waals surface area (Å²) in [6, 6.07) is 2.05. The Kier molecular flexibility index (Phi) is 4.20. The third kappa shape index (κ3) is 2.58. The average Bonchev–Trinajstić information content (AvgIpc) is 3.09. The lowest BCUT2D eigenvalue weighted by Gasteiger charge is -2.46. The van der Waals surface area contributed by atoms with Crippen LogP contribution in [0.4, 0.5) is 0 Å². The van der Waals surface area contributed by atoms with E-state index in [1.807, 2.05) is 17.5 Å². The van der Waals surface area contributed by atoms with Crippen LogP contribution in [0.25, 0.3) is 0 Å². The van der Waals surface area contributed by atoms with Gasteiger partial charge < -0.3 is 0 Å². The van der Waals surface area contributed by atoms with Crippen molar-refractivity contribution in [3.63, 3.8) is 0 Å². The summed E-state index contributed by atoms with van der Waals surface area (Å²) in [4.78, 5) is 10.1. The summed E-state index contributed by atoms with van der Waals surface area (Å²) in [5.74, 6) is 0. The van der Waals surface area contributed by atoms with E-state index in [1.54, 1.807) is 0 Å². The minimum atomic E-state index is 0.535. The Morgan fingerprint density at radius 3 is 3.00 bits per heavy atom. The summed E-state index contributed by atoms with van der Waals surface area (Å²) in [5, 5.41) is 3.43. The van der Waals surface area contributed by atoms with Gasteiger partial charge in [-0.1, -0.05) is 13.8 Å². The largest absolute Gasteiger partial charge is 0.298 e. The first-order valence-electron chi connectivity index (χ1n) is 7.72. The molecule has 2 fully saturated rings. The van der Waals surface area contributed by atoms with Gasteiger partial charge in [0.15, 0.2) is 0 Å². The molecular weight excluding hydrogens is 254 g/mol. The fraction of sp³-hybridized carbons (Fsp3) is 0.800. The summed E-state index contributed by atoms with van der Waals surface area (Å²) in [7, 11) is 0. The van der Waals surface area contributed by atoms with E-state index in [2.05, 4.69) is 34.0 Å². The number of hydrogen-bond donors (Lipinski definition) is 0. The first-order chi connectivity index (χ1) is 9.33. The molecule has 0 radical (unpaired) electrons. The molecule has 1 aromatic rings. The summed E-state index contributed by atoms with van der Waals surface area (Å²) < 4.78 is 0. The molecule has 1 aromatic heterocycles. The van der Waals surface area contributed by atoms with Crippen molar-refractivity contribution in [2.45, 2.75) is 57.7 Å². The van der Waals surface area contributed by atoms with Crippen LogP contribution >= 0.6 is 11.3 Å². The van der Waals surface area contributed by atoms with Crippen LogP contribution in [0.15, 0.2) is 11.6 Å². The highest BCUT2D eigenvalue weighted by Crippen LogP contribution is 2.34. The standard InChI is InChI=1S/C15H25N3S/c1-3-12-10-17-8-5-6-13(17)11-18(12)14(4-2)15-16-7-9-19-15/h7,9,12-14H,3-6,8,10-11H2,1-2H3. The van der Waals surface area contributed by atoms with Crippen LogP contribution in [-0.2, 0) is 0 Å². The van der Waals surface area contributed by atoms with Gasteiger partial charge in [0.25, 0.3) is 0 Å². The van der Waals surface area contributed by atoms with E-state index in [4.69, 9.17) is 0 Å². The molecule has 19 heavy (non-hydrogen) atoms. The summed E-state index contributed by atoms with van der Waals surface area (Å²) in [5.41, 5.74) is 0. The highest BCUT2D eigenvalue weighted by Gasteiger charge is 2.38. The average molecular weight is 279 g/mol. The molecule has 106 valence electrons. The van der Waals surface area contributed by atoms with Crippen molar-refractivity contribution in [3.8, 4) is 0 Å². The Labute approximate surface area is 120 Å². The molecule has 3 atom stereocenters. The summed E-state index contributed by atoms with van der Waals surface area (Å²) in [6.07, 6.45) is 7.17. The van der Waals surface area contributed by atoms with E-state index < -0.39 is 0 Å². The highest BCUT2D eigenvalue weighted by atomic mass is 32.1. The van der Waals surface area contributed by atoms with E-state index in [-0.39, 0.29) is 0 Å². The molecule has 3 rings (SSSR count). The predicted octanol–water partition coefficient (Wildman–Crippen LogP) is 3.15. The van der Waals surface area contributed by atoms with Crippen LogP contribution in [0.1, 0.15) is 50.6 Å². The zero-order chi connectivity index (χ0) is 13.2. The second kappa shape index (κ2) is 5.90. The third-order valence-corrected chi connectivity index (χ3v) is 5.71. The lowest BCUT2D eigenvalue weighted by molar-refractivity contribution is 0.0161. The topological polar surface area (TPSA) is 19.4 Å². The smallest absolute Gasteiger partial charge is 0.110 e. The molecule has 3 unspecified atom stereocenters. The fourth-order valence-electron chi connectivity index (χ4n) is 3.81. The molecule has 2 aliphatic rings. The molecule has 0 aromatic carbocycles. The van der Waals surface area contributed by atoms with Gasteiger partial charge in [-0.25, -0.2) is 4.98 Å². The van der Waals surface area contributed by atoms with Crippen LogP contribution < -0.4 is 0 Å². The number of aromatic nitrogens is 1. The van der Waals surface area contributed by atoms with E-state index in [1.165, 1.54) is 50.3 Å². The van der Waals surface area contributed by atoms with Gasteiger partial charge >= 0.3 is 0 Å². The molecule has 0 saturated carbocycles. The molecule has 4 heteroatoms. The summed E-state index contributed by atoms with van der Waals surface area (Å²) in [6.45, 7) is 8.48. The second-order valence-corrected chi connectivity index (χ2v) is 6.77. The van der Waals surface area contributed by atoms with Crippen molar-refractivity contribution in [2.24, 2.45) is 0 Å². The van der Waals surface area contributed by atoms with Gasteiger partial charge in [0.05, 0.1) is 6.04 Å². The first-order valence-corrected chi connectivity index (χ1v) is 8.60. The Morgan fingerprint density at radius 1 is 1.42 bits per heavy atom. The van der Waals surface area contributed by atoms with Crippen LogP contribution in [0, 0.1) is 0 Å². The van der Waals surface area contributed by atoms with Gasteiger partial charge in [0, 0.05) is 36.8 Å². The fourth-order valence-corrected chi connectivity index (χ4v) is 4.65. The Hall–Kier alpha value is -0.450. The van der Waals surface area contributed by atoms with Crippen LogP contribution in [-0.4, -0.2) is 46.5 Å². The zero-order valence-corrected chi connectivity index (χ0v) is 12.9. The Bertz CT molecular complexity index is 392. The molecular formula is C15H25N3S. The quantitative estimate of drug-likeness (QED) is 0.844. The van der Waals surface area contributed by atoms with Crippen LogP contribution in [0.2, 0.25) is 0 Å². The Balaban J connectivity index is 1.80. The minimum absolute atomic E-state index is 0.535. The molecule has 0 aliphatic carbocycles. The lowest BCUT2D eigenvalue weighted by Crippen LogP contribution is -2.56. The molecule has 0 amide bonds. The van der Waals surface area contributed by atoms with Gasteiger partial charge in [0.1, 0.15) is 5.01 Å². The van der Waals surface area contributed by atoms with E-state index in [9.17, 15) is 0 Å². The zero-order valence-electron chi connectivity index (χ0n) is 12.1. The molecule has 0 bridgehead atoms. The van der Waals surface area contributed by atoms with Crippen LogP contribution in [0.3, 0.4) is 0 Å². The van der Waals surface area contributed by atoms with Gasteiger partial charge in [-0.3, -0.25) is 9.80 Å². The van der Waals surface area contributed by atoms with E-state index in [0.717, 1.165) is 6.04 Å². The second-order valence-electron chi connectivity index (χ2n) is 5.84. The number of piperazine rings is 1. The number of rotatable bonds is 4. The number of hydrogen-bond acceptors (Lipinski definition) is 4. The van der Waals surface area contributed by atoms with Crippen molar-refractivity contribution < 1.29 is 0 Å². The number of fused-ring (bicyclic) bond motifs is 1. The Morgan fingerprint density at radius 2 is 2.32 bits per heavy atom. The maximum Gasteiger partial charge on any atom is 0.110 e. The lowest BCUT2D eigenvalue weighted by atomic mass is 10.0. The number of thiazole rings is 1. The first kappa shape index (κ1) is 13.5. The van der Waals surface area contributed by atoms with Crippen molar-refractivity contribution in [2.75, 3.05) is 19.6 Å². The van der Waals surface area contributed by atoms with Crippen molar-refractivity contribution >= 4 is 11.3 Å². The molecule has 3 heterocycles. The van der Waals surface area contributed by atoms with Crippen molar-refractivity contribution in [3.05, 3.63) is 16.6 Å². The SMILES string of the molecule is CCC1CN2CCCC2CN1C(CC)c1nccs1. The maximum atomic E-state index is 4.58.